The Balaban J connectivity index is 0.000000153. The Morgan fingerprint density at radius 3 is 0.611 bits per heavy atom. The van der Waals surface area contributed by atoms with Crippen molar-refractivity contribution in [2.45, 2.75) is 6.92 Å². The third kappa shape index (κ3) is 27.5. The molecule has 0 radical (unpaired) electrons. The number of benzene rings is 16. The molecule has 0 bridgehead atoms. The zero-order chi connectivity index (χ0) is 78.3. The normalized spacial score (nSPS) is 10.2. The topological polar surface area (TPSA) is 127 Å². The molecule has 8 nitrogen and oxygen atoms in total. The summed E-state index contributed by atoms with van der Waals surface area (Å²) in [4.78, 5) is 20.3. The molecule has 0 unspecified atom stereocenters. The van der Waals surface area contributed by atoms with Crippen LogP contribution in [0, 0.1) is 27.2 Å². The minimum atomic E-state index is -1.37. The van der Waals surface area contributed by atoms with Crippen LogP contribution in [-0.2, 0) is 20.4 Å². The van der Waals surface area contributed by atoms with Crippen LogP contribution in [0.1, 0.15) is 5.56 Å². The van der Waals surface area contributed by atoms with Gasteiger partial charge in [-0.15, -0.1) is 0 Å². The molecular formula is C97H81BBr2N2O6P4Pd. The fraction of sp³-hybridized carbons (Fsp3) is 0.0103. The third-order valence-corrected chi connectivity index (χ3v) is 27.7. The van der Waals surface area contributed by atoms with Crippen LogP contribution in [0.5, 0.6) is 0 Å². The molecule has 16 heteroatoms. The Morgan fingerprint density at radius 1 is 0.248 bits per heavy atom. The van der Waals surface area contributed by atoms with Crippen molar-refractivity contribution in [3.05, 3.63) is 496 Å². The van der Waals surface area contributed by atoms with Crippen LogP contribution in [-0.4, -0.2) is 27.0 Å². The summed E-state index contributed by atoms with van der Waals surface area (Å²) >= 11 is 6.56. The predicted octanol–water partition coefficient (Wildman–Crippen LogP) is 19.8. The number of hydrogen-bond donors (Lipinski definition) is 2. The van der Waals surface area contributed by atoms with Crippen LogP contribution in [0.3, 0.4) is 0 Å². The summed E-state index contributed by atoms with van der Waals surface area (Å²) in [6.45, 7) is 1.72. The second kappa shape index (κ2) is 47.9. The van der Waals surface area contributed by atoms with Gasteiger partial charge in [-0.25, -0.2) is 0 Å². The minimum Gasteiger partial charge on any atom is -0.423 e. The van der Waals surface area contributed by atoms with Gasteiger partial charge in [0.05, 0.1) is 15.4 Å². The smallest absolute Gasteiger partial charge is 0.423 e. The van der Waals surface area contributed by atoms with Gasteiger partial charge in [0.1, 0.15) is 0 Å². The van der Waals surface area contributed by atoms with Gasteiger partial charge in [-0.2, -0.15) is 0 Å². The van der Waals surface area contributed by atoms with E-state index in [1.54, 1.807) is 67.6 Å². The third-order valence-electron chi connectivity index (χ3n) is 16.9. The van der Waals surface area contributed by atoms with Crippen molar-refractivity contribution in [3.8, 4) is 11.1 Å². The molecule has 0 aliphatic rings. The maximum atomic E-state index is 10.9. The molecule has 113 heavy (non-hydrogen) atoms. The number of nitro benzene ring substituents is 2. The van der Waals surface area contributed by atoms with Crippen molar-refractivity contribution < 1.29 is 40.3 Å². The summed E-state index contributed by atoms with van der Waals surface area (Å²) in [7, 11) is -3.15. The van der Waals surface area contributed by atoms with E-state index in [1.807, 2.05) is 24.3 Å². The summed E-state index contributed by atoms with van der Waals surface area (Å²) in [6.07, 6.45) is 0. The van der Waals surface area contributed by atoms with Crippen molar-refractivity contribution in [1.82, 2.24) is 0 Å². The van der Waals surface area contributed by atoms with Gasteiger partial charge in [-0.1, -0.05) is 450 Å². The number of nitro groups is 2. The summed E-state index contributed by atoms with van der Waals surface area (Å²) in [6, 6.07) is 157. The summed E-state index contributed by atoms with van der Waals surface area (Å²) in [5.41, 5.74) is 3.00. The fourth-order valence-electron chi connectivity index (χ4n) is 11.6. The second-order valence-corrected chi connectivity index (χ2v) is 35.3. The van der Waals surface area contributed by atoms with E-state index in [-0.39, 0.29) is 41.6 Å². The molecule has 0 aliphatic heterocycles. The van der Waals surface area contributed by atoms with E-state index in [2.05, 4.69) is 396 Å². The number of nitrogens with zero attached hydrogens (tertiary/aromatic N) is 2. The van der Waals surface area contributed by atoms with Crippen molar-refractivity contribution in [2.24, 2.45) is 0 Å². The van der Waals surface area contributed by atoms with Crippen LogP contribution < -0.4 is 69.1 Å². The Kier molecular flexibility index (Phi) is 36.7. The number of aryl methyl sites for hydroxylation is 1. The molecule has 0 saturated carbocycles. The van der Waals surface area contributed by atoms with E-state index >= 15 is 0 Å². The van der Waals surface area contributed by atoms with Gasteiger partial charge in [0.15, 0.2) is 0 Å². The first kappa shape index (κ1) is 86.6. The zero-order valence-electron chi connectivity index (χ0n) is 61.7. The van der Waals surface area contributed by atoms with E-state index < -0.39 is 38.8 Å². The molecule has 0 spiro atoms. The number of halogens is 2. The van der Waals surface area contributed by atoms with Crippen LogP contribution >= 0.6 is 63.5 Å². The summed E-state index contributed by atoms with van der Waals surface area (Å²) in [5.74, 6) is 0. The Hall–Kier alpha value is -10.4. The van der Waals surface area contributed by atoms with E-state index in [1.165, 1.54) is 75.8 Å². The van der Waals surface area contributed by atoms with Gasteiger partial charge in [-0.3, -0.25) is 20.2 Å². The van der Waals surface area contributed by atoms with Crippen molar-refractivity contribution in [3.63, 3.8) is 0 Å². The quantitative estimate of drug-likeness (QED) is 0.0429. The van der Waals surface area contributed by atoms with Gasteiger partial charge in [0.2, 0.25) is 0 Å². The number of rotatable bonds is 16. The average molecular weight is 1770 g/mol. The minimum absolute atomic E-state index is 0. The molecule has 0 amide bonds. The standard InChI is InChI=1S/4C18H15P.C12H8BrNO2.C7H7NO2.C6H6BBrO2.Pd/c4*1-4-10-16(11-5-1)19(17-12-6-2-7-13-17)18-14-8-3-9-15-18;13-10-7-5-9(6-8-10)11-3-1-2-4-12(11)14(15)16;1-6-4-2-3-5-7(6)8(9)10;8-6-3-1-5(2-4-6)7(9)10;/h4*1-15H;1-8H;2-5H,1H3;1-4,9-10H;. The van der Waals surface area contributed by atoms with E-state index in [9.17, 15) is 20.2 Å². The van der Waals surface area contributed by atoms with Gasteiger partial charge < -0.3 is 10.0 Å². The molecule has 0 saturated heterocycles. The molecule has 0 atom stereocenters. The molecule has 16 aromatic rings. The van der Waals surface area contributed by atoms with Crippen LogP contribution in [0.25, 0.3) is 11.1 Å². The summed E-state index contributed by atoms with van der Waals surface area (Å²) in [5, 5.41) is 55.2. The van der Waals surface area contributed by atoms with Crippen molar-refractivity contribution >= 4 is 151 Å². The predicted molar refractivity (Wildman–Crippen MR) is 489 cm³/mol. The second-order valence-electron chi connectivity index (χ2n) is 24.6. The van der Waals surface area contributed by atoms with Crippen molar-refractivity contribution in [2.75, 3.05) is 0 Å². The van der Waals surface area contributed by atoms with Gasteiger partial charge in [0, 0.05) is 47.1 Å². The Bertz CT molecular complexity index is 4500. The van der Waals surface area contributed by atoms with Crippen LogP contribution in [0.2, 0.25) is 0 Å². The molecule has 16 rings (SSSR count). The van der Waals surface area contributed by atoms with E-state index in [0.717, 1.165) is 14.5 Å². The molecule has 16 aromatic carbocycles. The van der Waals surface area contributed by atoms with Crippen LogP contribution in [0.15, 0.2) is 470 Å². The largest absolute Gasteiger partial charge is 0.488 e. The maximum absolute atomic E-state index is 10.9. The van der Waals surface area contributed by atoms with Gasteiger partial charge in [0.25, 0.3) is 11.4 Å². The average Bonchev–Trinajstić information content (AvgIpc) is 0.776. The molecular weight excluding hydrogens is 1690 g/mol. The molecule has 0 fully saturated rings. The first-order valence-electron chi connectivity index (χ1n) is 36.0. The molecule has 0 aliphatic carbocycles. The number of hydrogen-bond acceptors (Lipinski definition) is 6. The maximum Gasteiger partial charge on any atom is 0.488 e. The van der Waals surface area contributed by atoms with Crippen LogP contribution in [0.4, 0.5) is 11.4 Å². The van der Waals surface area contributed by atoms with E-state index in [0.29, 0.717) is 16.6 Å². The molecule has 0 heterocycles. The van der Waals surface area contributed by atoms with Gasteiger partial charge in [-0.05, 0) is 144 Å². The van der Waals surface area contributed by atoms with Gasteiger partial charge >= 0.3 is 7.12 Å². The first-order chi connectivity index (χ1) is 54.9. The number of para-hydroxylation sites is 2. The van der Waals surface area contributed by atoms with E-state index in [4.69, 9.17) is 10.0 Å². The fourth-order valence-corrected chi connectivity index (χ4v) is 21.4. The molecule has 0 aromatic heterocycles. The summed E-state index contributed by atoms with van der Waals surface area (Å²) < 4.78 is 1.88. The Labute approximate surface area is 699 Å². The Morgan fingerprint density at radius 2 is 0.425 bits per heavy atom. The molecule has 2 N–H and O–H groups in total. The first-order valence-corrected chi connectivity index (χ1v) is 43.0. The monoisotopic (exact) mass is 1770 g/mol. The zero-order valence-corrected chi connectivity index (χ0v) is 70.0. The van der Waals surface area contributed by atoms with Crippen molar-refractivity contribution in [1.29, 1.82) is 0 Å². The molecule has 562 valence electrons. The SMILES string of the molecule is Cc1ccccc1[N+](=O)[O-].O=[N+]([O-])c1ccccc1-c1ccc(Br)cc1.OB(O)c1ccc(Br)cc1.[Pd].c1ccc(P(c2ccccc2)c2ccccc2)cc1.c1ccc(P(c2ccccc2)c2ccccc2)cc1.c1ccc(P(c2ccccc2)c2ccccc2)cc1.c1ccc(P(c2ccccc2)c2ccccc2)cc1.